The van der Waals surface area contributed by atoms with Gasteiger partial charge in [-0.05, 0) is 31.9 Å². The third-order valence-electron chi connectivity index (χ3n) is 2.41. The van der Waals surface area contributed by atoms with E-state index in [1.54, 1.807) is 12.4 Å². The van der Waals surface area contributed by atoms with Crippen molar-refractivity contribution in [1.29, 1.82) is 0 Å². The van der Waals surface area contributed by atoms with Crippen LogP contribution < -0.4 is 10.1 Å². The smallest absolute Gasteiger partial charge is 0.142 e. The molecule has 0 radical (unpaired) electrons. The molecule has 1 N–H and O–H groups in total. The van der Waals surface area contributed by atoms with E-state index in [0.717, 1.165) is 24.8 Å². The highest BCUT2D eigenvalue weighted by atomic mass is 16.5. The van der Waals surface area contributed by atoms with E-state index in [0.29, 0.717) is 0 Å². The molecule has 76 valence electrons. The van der Waals surface area contributed by atoms with Crippen molar-refractivity contribution < 1.29 is 4.74 Å². The second-order valence-electron chi connectivity index (χ2n) is 3.77. The fourth-order valence-corrected chi connectivity index (χ4v) is 1.37. The van der Waals surface area contributed by atoms with E-state index in [4.69, 9.17) is 4.74 Å². The second kappa shape index (κ2) is 4.42. The minimum atomic E-state index is 0.789. The van der Waals surface area contributed by atoms with Crippen LogP contribution >= 0.6 is 0 Å². The van der Waals surface area contributed by atoms with Crippen molar-refractivity contribution >= 4 is 0 Å². The Kier molecular flexibility index (Phi) is 2.99. The van der Waals surface area contributed by atoms with Gasteiger partial charge in [0.1, 0.15) is 5.75 Å². The number of hydrogen-bond donors (Lipinski definition) is 1. The number of nitrogens with one attached hydrogen (secondary N) is 1. The molecule has 0 aliphatic heterocycles. The lowest BCUT2D eigenvalue weighted by Crippen LogP contribution is -2.08. The van der Waals surface area contributed by atoms with Gasteiger partial charge in [0.25, 0.3) is 0 Å². The van der Waals surface area contributed by atoms with E-state index < -0.39 is 0 Å². The van der Waals surface area contributed by atoms with Gasteiger partial charge < -0.3 is 10.1 Å². The van der Waals surface area contributed by atoms with Gasteiger partial charge in [0, 0.05) is 18.3 Å². The monoisotopic (exact) mass is 192 g/mol. The molecule has 0 atom stereocenters. The summed E-state index contributed by atoms with van der Waals surface area (Å²) in [5.41, 5.74) is 1.18. The van der Waals surface area contributed by atoms with Gasteiger partial charge in [-0.2, -0.15) is 0 Å². The van der Waals surface area contributed by atoms with Gasteiger partial charge in [-0.15, -0.1) is 0 Å². The van der Waals surface area contributed by atoms with Crippen LogP contribution in [0.25, 0.3) is 0 Å². The second-order valence-corrected chi connectivity index (χ2v) is 3.77. The summed E-state index contributed by atoms with van der Waals surface area (Å²) >= 11 is 0. The number of ether oxygens (including phenoxy) is 1. The van der Waals surface area contributed by atoms with Gasteiger partial charge in [-0.1, -0.05) is 0 Å². The highest BCUT2D eigenvalue weighted by Crippen LogP contribution is 2.30. The summed E-state index contributed by atoms with van der Waals surface area (Å²) in [6.07, 6.45) is 6.24. The number of aromatic nitrogens is 1. The van der Waals surface area contributed by atoms with Gasteiger partial charge in [-0.3, -0.25) is 4.98 Å². The summed E-state index contributed by atoms with van der Waals surface area (Å²) in [4.78, 5) is 4.07. The Hall–Kier alpha value is -1.09. The maximum absolute atomic E-state index is 5.71. The Balaban J connectivity index is 1.97. The van der Waals surface area contributed by atoms with E-state index in [1.165, 1.54) is 18.4 Å². The third kappa shape index (κ3) is 2.45. The maximum Gasteiger partial charge on any atom is 0.142 e. The Morgan fingerprint density at radius 1 is 1.57 bits per heavy atom. The average molecular weight is 192 g/mol. The lowest BCUT2D eigenvalue weighted by molar-refractivity contribution is 0.295. The van der Waals surface area contributed by atoms with E-state index >= 15 is 0 Å². The molecule has 1 fully saturated rings. The summed E-state index contributed by atoms with van der Waals surface area (Å²) in [6.45, 7) is 1.69. The van der Waals surface area contributed by atoms with Crippen molar-refractivity contribution in [3.63, 3.8) is 0 Å². The minimum Gasteiger partial charge on any atom is -0.491 e. The molecule has 1 heterocycles. The third-order valence-corrected chi connectivity index (χ3v) is 2.41. The summed E-state index contributed by atoms with van der Waals surface area (Å²) in [5, 5.41) is 3.12. The molecule has 0 spiro atoms. The molecule has 1 aliphatic rings. The first-order chi connectivity index (χ1) is 6.90. The van der Waals surface area contributed by atoms with Crippen molar-refractivity contribution in [2.45, 2.75) is 19.4 Å². The molecule has 3 heteroatoms. The number of nitrogens with zero attached hydrogens (tertiary/aromatic N) is 1. The average Bonchev–Trinajstić information content (AvgIpc) is 3.01. The van der Waals surface area contributed by atoms with Crippen molar-refractivity contribution in [3.05, 3.63) is 24.0 Å². The first-order valence-corrected chi connectivity index (χ1v) is 5.10. The summed E-state index contributed by atoms with van der Waals surface area (Å²) in [7, 11) is 1.94. The zero-order valence-corrected chi connectivity index (χ0v) is 8.49. The molecule has 0 amide bonds. The van der Waals surface area contributed by atoms with E-state index in [-0.39, 0.29) is 0 Å². The molecular weight excluding hydrogens is 176 g/mol. The number of rotatable bonds is 5. The summed E-state index contributed by atoms with van der Waals surface area (Å²) in [5.74, 6) is 1.71. The van der Waals surface area contributed by atoms with Crippen LogP contribution in [0.2, 0.25) is 0 Å². The molecule has 1 aliphatic carbocycles. The predicted octanol–water partition coefficient (Wildman–Crippen LogP) is 1.59. The molecule has 0 aromatic carbocycles. The molecule has 0 unspecified atom stereocenters. The van der Waals surface area contributed by atoms with Crippen molar-refractivity contribution in [2.75, 3.05) is 13.7 Å². The number of hydrogen-bond acceptors (Lipinski definition) is 3. The SMILES string of the molecule is CNCc1ccncc1OCC1CC1. The topological polar surface area (TPSA) is 34.2 Å². The Morgan fingerprint density at radius 3 is 3.14 bits per heavy atom. The largest absolute Gasteiger partial charge is 0.491 e. The van der Waals surface area contributed by atoms with Crippen LogP contribution in [0.15, 0.2) is 18.5 Å². The first-order valence-electron chi connectivity index (χ1n) is 5.10. The van der Waals surface area contributed by atoms with Crippen LogP contribution in [0.5, 0.6) is 5.75 Å². The maximum atomic E-state index is 5.71. The van der Waals surface area contributed by atoms with Crippen molar-refractivity contribution in [2.24, 2.45) is 5.92 Å². The molecule has 1 saturated carbocycles. The van der Waals surface area contributed by atoms with Crippen LogP contribution in [0.4, 0.5) is 0 Å². The van der Waals surface area contributed by atoms with E-state index in [2.05, 4.69) is 10.3 Å². The van der Waals surface area contributed by atoms with E-state index in [1.807, 2.05) is 13.1 Å². The molecule has 3 nitrogen and oxygen atoms in total. The Morgan fingerprint density at radius 2 is 2.43 bits per heavy atom. The minimum absolute atomic E-state index is 0.789. The zero-order chi connectivity index (χ0) is 9.80. The van der Waals surface area contributed by atoms with Crippen LogP contribution in [-0.4, -0.2) is 18.6 Å². The van der Waals surface area contributed by atoms with Crippen LogP contribution in [-0.2, 0) is 6.54 Å². The highest BCUT2D eigenvalue weighted by Gasteiger charge is 2.22. The predicted molar refractivity (Wildman–Crippen MR) is 55.2 cm³/mol. The molecule has 1 aromatic rings. The first kappa shape index (κ1) is 9.46. The van der Waals surface area contributed by atoms with Crippen molar-refractivity contribution in [1.82, 2.24) is 10.3 Å². The van der Waals surface area contributed by atoms with Gasteiger partial charge in [0.05, 0.1) is 12.8 Å². The van der Waals surface area contributed by atoms with Gasteiger partial charge in [-0.25, -0.2) is 0 Å². The highest BCUT2D eigenvalue weighted by molar-refractivity contribution is 5.29. The lowest BCUT2D eigenvalue weighted by atomic mass is 10.2. The Labute approximate surface area is 84.5 Å². The summed E-state index contributed by atoms with van der Waals surface area (Å²) < 4.78 is 5.71. The summed E-state index contributed by atoms with van der Waals surface area (Å²) in [6, 6.07) is 2.00. The molecule has 2 rings (SSSR count). The molecule has 1 aromatic heterocycles. The van der Waals surface area contributed by atoms with Crippen LogP contribution in [0, 0.1) is 5.92 Å². The molecule has 0 saturated heterocycles. The molecule has 14 heavy (non-hydrogen) atoms. The molecular formula is C11H16N2O. The fourth-order valence-electron chi connectivity index (χ4n) is 1.37. The van der Waals surface area contributed by atoms with Gasteiger partial charge >= 0.3 is 0 Å². The van der Waals surface area contributed by atoms with Crippen LogP contribution in [0.3, 0.4) is 0 Å². The van der Waals surface area contributed by atoms with Crippen LogP contribution in [0.1, 0.15) is 18.4 Å². The lowest BCUT2D eigenvalue weighted by Gasteiger charge is -2.09. The molecule has 0 bridgehead atoms. The standard InChI is InChI=1S/C11H16N2O/c1-12-6-10-4-5-13-7-11(10)14-8-9-2-3-9/h4-5,7,9,12H,2-3,6,8H2,1H3. The fraction of sp³-hybridized carbons (Fsp3) is 0.545. The van der Waals surface area contributed by atoms with Gasteiger partial charge in [0.15, 0.2) is 0 Å². The Bertz CT molecular complexity index is 297. The number of pyridine rings is 1. The normalized spacial score (nSPS) is 15.5. The van der Waals surface area contributed by atoms with Crippen molar-refractivity contribution in [3.8, 4) is 5.75 Å². The van der Waals surface area contributed by atoms with E-state index in [9.17, 15) is 0 Å². The van der Waals surface area contributed by atoms with Gasteiger partial charge in [0.2, 0.25) is 0 Å². The zero-order valence-electron chi connectivity index (χ0n) is 8.49. The quantitative estimate of drug-likeness (QED) is 0.769.